The maximum Gasteiger partial charge on any atom is 0.237 e. The molecule has 0 aliphatic carbocycles. The van der Waals surface area contributed by atoms with Gasteiger partial charge in [-0.15, -0.1) is 17.5 Å². The number of nitrogens with zero attached hydrogens (tertiary/aromatic N) is 1. The Hall–Kier alpha value is -0.620. The molecule has 0 fully saturated rings. The van der Waals surface area contributed by atoms with Crippen LogP contribution in [0.15, 0.2) is 16.7 Å². The zero-order valence-corrected chi connectivity index (χ0v) is 6.39. The van der Waals surface area contributed by atoms with Gasteiger partial charge in [0.1, 0.15) is 11.9 Å². The van der Waals surface area contributed by atoms with Gasteiger partial charge < -0.3 is 0 Å². The lowest BCUT2D eigenvalue weighted by molar-refractivity contribution is -0.108. The van der Waals surface area contributed by atoms with Crippen molar-refractivity contribution in [3.63, 3.8) is 0 Å². The van der Waals surface area contributed by atoms with E-state index < -0.39 is 10.2 Å². The standard InChI is InChI=1S/C4H3NO3S2/c6-3(9)1-2-4(7)10-5-8/h1-2H,(H,6,9). The molecule has 0 radical (unpaired) electrons. The molecule has 0 saturated heterocycles. The Morgan fingerprint density at radius 2 is 2.00 bits per heavy atom. The van der Waals surface area contributed by atoms with Crippen molar-refractivity contribution in [2.45, 2.75) is 0 Å². The van der Waals surface area contributed by atoms with E-state index in [4.69, 9.17) is 0 Å². The molecule has 0 aliphatic rings. The van der Waals surface area contributed by atoms with E-state index in [0.717, 1.165) is 12.2 Å². The Morgan fingerprint density at radius 3 is 2.40 bits per heavy atom. The molecule has 0 aliphatic heterocycles. The molecule has 0 aromatic rings. The Labute approximate surface area is 66.6 Å². The fraction of sp³-hybridized carbons (Fsp3) is 0. The van der Waals surface area contributed by atoms with Crippen molar-refractivity contribution in [3.8, 4) is 0 Å². The normalized spacial score (nSPS) is 9.70. The lowest BCUT2D eigenvalue weighted by Crippen LogP contribution is -1.83. The molecule has 0 bridgehead atoms. The van der Waals surface area contributed by atoms with Gasteiger partial charge in [0.05, 0.1) is 0 Å². The molecule has 0 amide bonds. The van der Waals surface area contributed by atoms with E-state index in [1.807, 2.05) is 0 Å². The van der Waals surface area contributed by atoms with Crippen LogP contribution in [-0.4, -0.2) is 10.2 Å². The van der Waals surface area contributed by atoms with Crippen LogP contribution in [0.5, 0.6) is 0 Å². The van der Waals surface area contributed by atoms with E-state index >= 15 is 0 Å². The lowest BCUT2D eigenvalue weighted by Gasteiger charge is -1.78. The van der Waals surface area contributed by atoms with Crippen molar-refractivity contribution in [2.75, 3.05) is 0 Å². The van der Waals surface area contributed by atoms with Crippen LogP contribution in [0.1, 0.15) is 0 Å². The van der Waals surface area contributed by atoms with Gasteiger partial charge in [0, 0.05) is 4.58 Å². The van der Waals surface area contributed by atoms with Crippen molar-refractivity contribution >= 4 is 34.8 Å². The summed E-state index contributed by atoms with van der Waals surface area (Å²) in [6.45, 7) is 0. The van der Waals surface area contributed by atoms with Gasteiger partial charge in [0.25, 0.3) is 0 Å². The summed E-state index contributed by atoms with van der Waals surface area (Å²) in [5.74, 6) is 0. The van der Waals surface area contributed by atoms with Crippen molar-refractivity contribution in [1.82, 2.24) is 0 Å². The summed E-state index contributed by atoms with van der Waals surface area (Å²) < 4.78 is 2.24. The van der Waals surface area contributed by atoms with Crippen LogP contribution in [0, 0.1) is 4.91 Å². The summed E-state index contributed by atoms with van der Waals surface area (Å²) in [5, 5.41) is -1.13. The Kier molecular flexibility index (Phi) is 4.87. The zero-order chi connectivity index (χ0) is 7.98. The SMILES string of the molecule is O=NSC(=O)C=CC(=O)S. The lowest BCUT2D eigenvalue weighted by atomic mass is 10.5. The van der Waals surface area contributed by atoms with Gasteiger partial charge in [-0.3, -0.25) is 9.59 Å². The molecular weight excluding hydrogens is 174 g/mol. The van der Waals surface area contributed by atoms with Crippen LogP contribution in [0.25, 0.3) is 0 Å². The minimum absolute atomic E-state index is 0.231. The maximum absolute atomic E-state index is 10.3. The number of hydrogen-bond donors (Lipinski definition) is 1. The van der Waals surface area contributed by atoms with Crippen molar-refractivity contribution in [3.05, 3.63) is 17.1 Å². The molecule has 10 heavy (non-hydrogen) atoms. The first-order valence-corrected chi connectivity index (χ1v) is 3.33. The highest BCUT2D eigenvalue weighted by Crippen LogP contribution is 2.02. The van der Waals surface area contributed by atoms with Gasteiger partial charge in [-0.05, 0) is 12.2 Å². The van der Waals surface area contributed by atoms with E-state index in [-0.39, 0.29) is 11.9 Å². The second-order valence-electron chi connectivity index (χ2n) is 1.16. The predicted octanol–water partition coefficient (Wildman–Crippen LogP) is 0.940. The van der Waals surface area contributed by atoms with Crippen LogP contribution in [0.2, 0.25) is 0 Å². The van der Waals surface area contributed by atoms with Gasteiger partial charge in [-0.25, -0.2) is 0 Å². The minimum Gasteiger partial charge on any atom is -0.283 e. The van der Waals surface area contributed by atoms with E-state index in [1.165, 1.54) is 0 Å². The van der Waals surface area contributed by atoms with Crippen LogP contribution < -0.4 is 0 Å². The number of hydrogen-bond acceptors (Lipinski definition) is 5. The van der Waals surface area contributed by atoms with Gasteiger partial charge in [0.2, 0.25) is 10.2 Å². The topological polar surface area (TPSA) is 63.6 Å². The molecule has 0 heterocycles. The molecule has 54 valence electrons. The molecule has 0 N–H and O–H groups in total. The predicted molar refractivity (Wildman–Crippen MR) is 41.5 cm³/mol. The van der Waals surface area contributed by atoms with Crippen LogP contribution in [0.3, 0.4) is 0 Å². The first-order chi connectivity index (χ1) is 4.66. The molecule has 4 nitrogen and oxygen atoms in total. The Bertz CT molecular complexity index is 189. The fourth-order valence-electron chi connectivity index (χ4n) is 0.206. The molecule has 6 heteroatoms. The van der Waals surface area contributed by atoms with Crippen molar-refractivity contribution in [1.29, 1.82) is 0 Å². The summed E-state index contributed by atoms with van der Waals surface area (Å²) in [6, 6.07) is 0. The first kappa shape index (κ1) is 9.38. The Balaban J connectivity index is 3.77. The molecule has 0 rings (SSSR count). The van der Waals surface area contributed by atoms with Gasteiger partial charge in [-0.1, -0.05) is 0 Å². The van der Waals surface area contributed by atoms with Gasteiger partial charge in [0.15, 0.2) is 0 Å². The second-order valence-corrected chi connectivity index (χ2v) is 2.33. The quantitative estimate of drug-likeness (QED) is 0.301. The van der Waals surface area contributed by atoms with E-state index in [2.05, 4.69) is 17.2 Å². The highest BCUT2D eigenvalue weighted by Gasteiger charge is 1.95. The maximum atomic E-state index is 10.3. The van der Waals surface area contributed by atoms with Gasteiger partial charge >= 0.3 is 0 Å². The highest BCUT2D eigenvalue weighted by molar-refractivity contribution is 8.12. The molecule has 0 aromatic carbocycles. The number of thiol groups is 1. The minimum atomic E-state index is -0.586. The summed E-state index contributed by atoms with van der Waals surface area (Å²) in [5.41, 5.74) is 0. The second kappa shape index (κ2) is 5.19. The molecular formula is C4H3NO3S2. The molecule has 0 unspecified atom stereocenters. The number of rotatable bonds is 3. The van der Waals surface area contributed by atoms with Crippen molar-refractivity contribution in [2.24, 2.45) is 4.58 Å². The molecule has 0 spiro atoms. The highest BCUT2D eigenvalue weighted by atomic mass is 32.2. The van der Waals surface area contributed by atoms with Crippen LogP contribution in [-0.2, 0) is 9.59 Å². The van der Waals surface area contributed by atoms with Gasteiger partial charge in [-0.2, -0.15) is 0 Å². The average molecular weight is 177 g/mol. The summed E-state index contributed by atoms with van der Waals surface area (Å²) >= 11 is 3.58. The molecule has 0 aromatic heterocycles. The van der Waals surface area contributed by atoms with E-state index in [9.17, 15) is 14.5 Å². The summed E-state index contributed by atoms with van der Waals surface area (Å²) in [7, 11) is 0. The number of carbonyl (C=O) groups is 2. The van der Waals surface area contributed by atoms with E-state index in [1.54, 1.807) is 0 Å². The molecule has 0 atom stereocenters. The third-order valence-corrected chi connectivity index (χ3v) is 1.03. The third kappa shape index (κ3) is 5.52. The zero-order valence-electron chi connectivity index (χ0n) is 4.68. The smallest absolute Gasteiger partial charge is 0.237 e. The summed E-state index contributed by atoms with van der Waals surface area (Å²) in [6.07, 6.45) is 1.88. The fourth-order valence-corrected chi connectivity index (χ4v) is 0.483. The number of nitroso groups, excluding NO2 is 1. The van der Waals surface area contributed by atoms with Crippen LogP contribution >= 0.6 is 24.6 Å². The third-order valence-electron chi connectivity index (χ3n) is 0.489. The largest absolute Gasteiger partial charge is 0.283 e. The average Bonchev–Trinajstić information content (AvgIpc) is 1.85. The summed E-state index contributed by atoms with van der Waals surface area (Å²) in [4.78, 5) is 29.8. The Morgan fingerprint density at radius 1 is 1.40 bits per heavy atom. The van der Waals surface area contributed by atoms with Crippen molar-refractivity contribution < 1.29 is 9.59 Å². The number of carbonyl (C=O) groups excluding carboxylic acids is 2. The first-order valence-electron chi connectivity index (χ1n) is 2.11. The van der Waals surface area contributed by atoms with E-state index in [0.29, 0.717) is 0 Å². The van der Waals surface area contributed by atoms with Crippen LogP contribution in [0.4, 0.5) is 0 Å². The monoisotopic (exact) mass is 177 g/mol. The molecule has 0 saturated carbocycles.